The van der Waals surface area contributed by atoms with Crippen LogP contribution >= 0.6 is 0 Å². The van der Waals surface area contributed by atoms with Gasteiger partial charge in [0, 0.05) is 30.7 Å². The number of aromatic nitrogens is 1. The first-order valence-corrected chi connectivity index (χ1v) is 3.97. The summed E-state index contributed by atoms with van der Waals surface area (Å²) in [5.41, 5.74) is 2.34. The van der Waals surface area contributed by atoms with Crippen LogP contribution in [0.2, 0.25) is 0 Å². The number of pyridine rings is 1. The molecule has 0 aliphatic carbocycles. The third kappa shape index (κ3) is 1.37. The number of hydrogen-bond acceptors (Lipinski definition) is 2. The average molecular weight is 158 g/mol. The van der Waals surface area contributed by atoms with Crippen molar-refractivity contribution in [1.29, 1.82) is 0 Å². The van der Waals surface area contributed by atoms with E-state index in [4.69, 9.17) is 0 Å². The second kappa shape index (κ2) is 3.22. The van der Waals surface area contributed by atoms with Crippen LogP contribution in [0.3, 0.4) is 0 Å². The van der Waals surface area contributed by atoms with Crippen molar-refractivity contribution in [3.05, 3.63) is 48.4 Å². The van der Waals surface area contributed by atoms with Gasteiger partial charge in [0.25, 0.3) is 0 Å². The maximum atomic E-state index is 4.06. The molecule has 0 radical (unpaired) electrons. The first-order valence-electron chi connectivity index (χ1n) is 3.97. The molecule has 2 heteroatoms. The smallest absolute Gasteiger partial charge is 0.0346 e. The van der Waals surface area contributed by atoms with Crippen LogP contribution in [0.4, 0.5) is 0 Å². The molecule has 0 saturated carbocycles. The van der Waals surface area contributed by atoms with E-state index in [0.717, 1.165) is 12.1 Å². The summed E-state index contributed by atoms with van der Waals surface area (Å²) >= 11 is 0. The lowest BCUT2D eigenvalue weighted by Crippen LogP contribution is -2.08. The van der Waals surface area contributed by atoms with Crippen LogP contribution in [0.5, 0.6) is 0 Å². The van der Waals surface area contributed by atoms with Gasteiger partial charge in [0.2, 0.25) is 0 Å². The summed E-state index contributed by atoms with van der Waals surface area (Å²) in [4.78, 5) is 4.06. The maximum Gasteiger partial charge on any atom is 0.0346 e. The Morgan fingerprint density at radius 3 is 3.08 bits per heavy atom. The summed E-state index contributed by atoms with van der Waals surface area (Å²) in [6.45, 7) is 0.920. The van der Waals surface area contributed by atoms with Crippen molar-refractivity contribution in [2.45, 2.75) is 0 Å². The van der Waals surface area contributed by atoms with Crippen molar-refractivity contribution >= 4 is 5.57 Å². The Bertz CT molecular complexity index is 312. The molecule has 12 heavy (non-hydrogen) atoms. The first kappa shape index (κ1) is 7.10. The molecule has 0 aromatic carbocycles. The van der Waals surface area contributed by atoms with E-state index in [2.05, 4.69) is 28.5 Å². The van der Waals surface area contributed by atoms with E-state index >= 15 is 0 Å². The van der Waals surface area contributed by atoms with Gasteiger partial charge in [-0.1, -0.05) is 18.2 Å². The van der Waals surface area contributed by atoms with Crippen molar-refractivity contribution in [1.82, 2.24) is 10.3 Å². The zero-order valence-electron chi connectivity index (χ0n) is 6.70. The molecule has 1 aliphatic heterocycles. The molecule has 0 bridgehead atoms. The Kier molecular flexibility index (Phi) is 1.90. The molecule has 1 N–H and O–H groups in total. The van der Waals surface area contributed by atoms with Crippen LogP contribution in [0.15, 0.2) is 42.9 Å². The van der Waals surface area contributed by atoms with E-state index in [9.17, 15) is 0 Å². The third-order valence-electron chi connectivity index (χ3n) is 1.79. The van der Waals surface area contributed by atoms with Crippen molar-refractivity contribution in [3.63, 3.8) is 0 Å². The molecule has 0 fully saturated rings. The van der Waals surface area contributed by atoms with Gasteiger partial charge in [0.05, 0.1) is 0 Å². The minimum Gasteiger partial charge on any atom is -0.387 e. The zero-order chi connectivity index (χ0) is 8.23. The highest BCUT2D eigenvalue weighted by Gasteiger charge is 1.98. The summed E-state index contributed by atoms with van der Waals surface area (Å²) in [6, 6.07) is 3.99. The largest absolute Gasteiger partial charge is 0.387 e. The normalized spacial score (nSPS) is 15.2. The summed E-state index contributed by atoms with van der Waals surface area (Å²) in [5.74, 6) is 0. The Labute approximate surface area is 71.6 Å². The standard InChI is InChI=1S/C10H10N2/c1-3-9(7-11-5-1)10-4-2-6-12-8-10/h1-5,7-8,12H,6H2. The fourth-order valence-electron chi connectivity index (χ4n) is 1.18. The summed E-state index contributed by atoms with van der Waals surface area (Å²) in [5, 5.41) is 3.16. The molecule has 1 aromatic rings. The number of nitrogens with zero attached hydrogens (tertiary/aromatic N) is 1. The highest BCUT2D eigenvalue weighted by molar-refractivity contribution is 5.73. The van der Waals surface area contributed by atoms with Gasteiger partial charge in [-0.05, 0) is 11.6 Å². The van der Waals surface area contributed by atoms with Gasteiger partial charge in [-0.3, -0.25) is 4.98 Å². The molecule has 0 atom stereocenters. The van der Waals surface area contributed by atoms with Crippen LogP contribution in [0.25, 0.3) is 5.57 Å². The zero-order valence-corrected chi connectivity index (χ0v) is 6.70. The van der Waals surface area contributed by atoms with Crippen molar-refractivity contribution < 1.29 is 0 Å². The molecule has 60 valence electrons. The molecule has 2 rings (SSSR count). The molecular formula is C10H10N2. The number of dihydropyridines is 1. The van der Waals surface area contributed by atoms with E-state index in [0.29, 0.717) is 0 Å². The molecule has 2 nitrogen and oxygen atoms in total. The summed E-state index contributed by atoms with van der Waals surface area (Å²) in [7, 11) is 0. The van der Waals surface area contributed by atoms with Gasteiger partial charge in [-0.25, -0.2) is 0 Å². The van der Waals surface area contributed by atoms with Crippen molar-refractivity contribution in [2.24, 2.45) is 0 Å². The van der Waals surface area contributed by atoms with Crippen LogP contribution in [0, 0.1) is 0 Å². The van der Waals surface area contributed by atoms with Gasteiger partial charge >= 0.3 is 0 Å². The Morgan fingerprint density at radius 2 is 2.42 bits per heavy atom. The van der Waals surface area contributed by atoms with Gasteiger partial charge in [0.15, 0.2) is 0 Å². The molecule has 1 aliphatic rings. The van der Waals surface area contributed by atoms with Gasteiger partial charge in [0.1, 0.15) is 0 Å². The van der Waals surface area contributed by atoms with Crippen LogP contribution in [0.1, 0.15) is 5.56 Å². The van der Waals surface area contributed by atoms with Crippen LogP contribution in [-0.2, 0) is 0 Å². The molecular weight excluding hydrogens is 148 g/mol. The van der Waals surface area contributed by atoms with Crippen molar-refractivity contribution in [3.8, 4) is 0 Å². The average Bonchev–Trinajstić information content (AvgIpc) is 2.21. The van der Waals surface area contributed by atoms with Gasteiger partial charge in [-0.2, -0.15) is 0 Å². The second-order valence-corrected chi connectivity index (χ2v) is 2.65. The molecule has 1 aromatic heterocycles. The maximum absolute atomic E-state index is 4.06. The SMILES string of the molecule is C1=CC(c2cccnc2)=CNC1. The fraction of sp³-hybridized carbons (Fsp3) is 0.100. The topological polar surface area (TPSA) is 24.9 Å². The Morgan fingerprint density at radius 1 is 1.42 bits per heavy atom. The van der Waals surface area contributed by atoms with Crippen molar-refractivity contribution in [2.75, 3.05) is 6.54 Å². The monoisotopic (exact) mass is 158 g/mol. The van der Waals surface area contributed by atoms with E-state index in [1.807, 2.05) is 18.5 Å². The lowest BCUT2D eigenvalue weighted by molar-refractivity contribution is 0.976. The first-order chi connectivity index (χ1) is 5.97. The summed E-state index contributed by atoms with van der Waals surface area (Å²) < 4.78 is 0. The van der Waals surface area contributed by atoms with Gasteiger partial charge < -0.3 is 5.32 Å². The summed E-state index contributed by atoms with van der Waals surface area (Å²) in [6.07, 6.45) is 9.86. The number of allylic oxidation sites excluding steroid dienone is 2. The lowest BCUT2D eigenvalue weighted by Gasteiger charge is -2.07. The van der Waals surface area contributed by atoms with E-state index < -0.39 is 0 Å². The predicted molar refractivity (Wildman–Crippen MR) is 49.4 cm³/mol. The van der Waals surface area contributed by atoms with E-state index in [-0.39, 0.29) is 0 Å². The van der Waals surface area contributed by atoms with E-state index in [1.54, 1.807) is 6.20 Å². The van der Waals surface area contributed by atoms with Crippen LogP contribution < -0.4 is 5.32 Å². The number of rotatable bonds is 1. The number of nitrogens with one attached hydrogen (secondary N) is 1. The molecule has 0 saturated heterocycles. The van der Waals surface area contributed by atoms with E-state index in [1.165, 1.54) is 5.57 Å². The molecule has 2 heterocycles. The van der Waals surface area contributed by atoms with Gasteiger partial charge in [-0.15, -0.1) is 0 Å². The minimum absolute atomic E-state index is 0.920. The fourth-order valence-corrected chi connectivity index (χ4v) is 1.18. The van der Waals surface area contributed by atoms with Crippen LogP contribution in [-0.4, -0.2) is 11.5 Å². The highest BCUT2D eigenvalue weighted by Crippen LogP contribution is 2.14. The molecule has 0 unspecified atom stereocenters. The molecule has 0 spiro atoms. The quantitative estimate of drug-likeness (QED) is 0.671. The predicted octanol–water partition coefficient (Wildman–Crippen LogP) is 1.58. The third-order valence-corrected chi connectivity index (χ3v) is 1.79. The highest BCUT2D eigenvalue weighted by atomic mass is 14.8. The number of hydrogen-bond donors (Lipinski definition) is 1. The molecule has 0 amide bonds. The Hall–Kier alpha value is -1.57. The second-order valence-electron chi connectivity index (χ2n) is 2.65. The Balaban J connectivity index is 2.31. The lowest BCUT2D eigenvalue weighted by atomic mass is 10.1. The minimum atomic E-state index is 0.920.